The molecule has 3 heterocycles. The summed E-state index contributed by atoms with van der Waals surface area (Å²) in [6.45, 7) is 2.94. The topological polar surface area (TPSA) is 128 Å². The lowest BCUT2D eigenvalue weighted by Gasteiger charge is -2.31. The van der Waals surface area contributed by atoms with Crippen molar-refractivity contribution in [2.45, 2.75) is 19.8 Å². The lowest BCUT2D eigenvalue weighted by atomic mass is 9.99. The first-order valence-corrected chi connectivity index (χ1v) is 11.3. The molecule has 2 aromatic rings. The number of nitro benzene ring substituents is 1. The monoisotopic (exact) mass is 473 g/mol. The van der Waals surface area contributed by atoms with Gasteiger partial charge in [-0.3, -0.25) is 38.5 Å². The molecule has 0 aliphatic carbocycles. The third kappa shape index (κ3) is 4.06. The number of imide groups is 1. The van der Waals surface area contributed by atoms with Crippen molar-refractivity contribution in [2.75, 3.05) is 19.6 Å². The van der Waals surface area contributed by atoms with Gasteiger partial charge in [0.05, 0.1) is 26.4 Å². The minimum Gasteiger partial charge on any atom is -0.341 e. The molecule has 2 saturated heterocycles. The molecule has 1 aromatic heterocycles. The number of carbonyl (C=O) groups is 3. The summed E-state index contributed by atoms with van der Waals surface area (Å²) >= 11 is 0.635. The Labute approximate surface area is 192 Å². The lowest BCUT2D eigenvalue weighted by molar-refractivity contribution is -0.385. The average molecular weight is 474 g/mol. The van der Waals surface area contributed by atoms with Crippen LogP contribution in [0.25, 0.3) is 17.1 Å². The number of fused-ring (bicyclic) bond motifs is 1. The average Bonchev–Trinajstić information content (AvgIpc) is 3.15. The van der Waals surface area contributed by atoms with Crippen LogP contribution >= 0.6 is 11.8 Å². The summed E-state index contributed by atoms with van der Waals surface area (Å²) < 4.78 is 2.65. The molecule has 0 atom stereocenters. The Morgan fingerprint density at radius 3 is 2.36 bits per heavy atom. The number of rotatable bonds is 4. The number of hydrogen-bond donors (Lipinski definition) is 0. The summed E-state index contributed by atoms with van der Waals surface area (Å²) in [7, 11) is 3.06. The number of imidazole rings is 1. The van der Waals surface area contributed by atoms with Crippen LogP contribution in [0.4, 0.5) is 10.5 Å². The largest absolute Gasteiger partial charge is 0.341 e. The second kappa shape index (κ2) is 8.50. The first-order valence-electron chi connectivity index (χ1n) is 10.5. The molecule has 2 fully saturated rings. The normalized spacial score (nSPS) is 18.7. The minimum atomic E-state index is -0.667. The molecule has 4 rings (SSSR count). The number of amides is 3. The second-order valence-electron chi connectivity index (χ2n) is 8.39. The van der Waals surface area contributed by atoms with Gasteiger partial charge in [-0.25, -0.2) is 4.79 Å². The van der Waals surface area contributed by atoms with E-state index in [0.717, 1.165) is 17.7 Å². The van der Waals surface area contributed by atoms with Crippen LogP contribution in [0.3, 0.4) is 0 Å². The lowest BCUT2D eigenvalue weighted by Crippen LogP contribution is -2.45. The Balaban J connectivity index is 1.64. The molecule has 0 unspecified atom stereocenters. The van der Waals surface area contributed by atoms with E-state index < -0.39 is 16.1 Å². The van der Waals surface area contributed by atoms with Crippen LogP contribution in [-0.2, 0) is 23.7 Å². The van der Waals surface area contributed by atoms with E-state index in [-0.39, 0.29) is 34.3 Å². The van der Waals surface area contributed by atoms with Crippen LogP contribution < -0.4 is 5.69 Å². The Hall–Kier alpha value is -3.41. The van der Waals surface area contributed by atoms with E-state index in [1.165, 1.54) is 34.4 Å². The standard InChI is InChI=1S/C21H23N5O6S/c1-12-4-6-24(7-5-12)18(27)11-25-19(28)17(33-21(25)30)9-13-8-15-16(10-14(13)26(31)32)23(3)20(29)22(15)2/h8-10,12H,4-7,11H2,1-3H3/b17-9-. The van der Waals surface area contributed by atoms with Crippen molar-refractivity contribution in [3.05, 3.63) is 43.2 Å². The number of nitro groups is 1. The van der Waals surface area contributed by atoms with E-state index in [9.17, 15) is 29.3 Å². The fraction of sp³-hybridized carbons (Fsp3) is 0.429. The number of hydrogen-bond acceptors (Lipinski definition) is 7. The smallest absolute Gasteiger partial charge is 0.328 e. The van der Waals surface area contributed by atoms with Gasteiger partial charge in [-0.15, -0.1) is 0 Å². The van der Waals surface area contributed by atoms with Crippen molar-refractivity contribution in [3.63, 3.8) is 0 Å². The predicted molar refractivity (Wildman–Crippen MR) is 122 cm³/mol. The molecule has 12 heteroatoms. The third-order valence-electron chi connectivity index (χ3n) is 6.21. The number of aromatic nitrogens is 2. The van der Waals surface area contributed by atoms with E-state index in [2.05, 4.69) is 6.92 Å². The highest BCUT2D eigenvalue weighted by Gasteiger charge is 2.38. The zero-order valence-electron chi connectivity index (χ0n) is 18.4. The van der Waals surface area contributed by atoms with E-state index in [4.69, 9.17) is 0 Å². The number of carbonyl (C=O) groups excluding carboxylic acids is 3. The van der Waals surface area contributed by atoms with E-state index in [1.807, 2.05) is 0 Å². The van der Waals surface area contributed by atoms with Gasteiger partial charge < -0.3 is 4.90 Å². The first kappa shape index (κ1) is 22.8. The molecule has 0 radical (unpaired) electrons. The molecule has 33 heavy (non-hydrogen) atoms. The molecular weight excluding hydrogens is 450 g/mol. The van der Waals surface area contributed by atoms with Gasteiger partial charge in [0.2, 0.25) is 5.91 Å². The molecule has 3 amide bonds. The predicted octanol–water partition coefficient (Wildman–Crippen LogP) is 2.08. The molecule has 0 saturated carbocycles. The summed E-state index contributed by atoms with van der Waals surface area (Å²) in [6, 6.07) is 2.72. The molecule has 2 aliphatic heterocycles. The molecule has 174 valence electrons. The number of nitrogens with zero attached hydrogens (tertiary/aromatic N) is 5. The Morgan fingerprint density at radius 2 is 1.76 bits per heavy atom. The highest BCUT2D eigenvalue weighted by atomic mass is 32.2. The fourth-order valence-corrected chi connectivity index (χ4v) is 4.92. The highest BCUT2D eigenvalue weighted by Crippen LogP contribution is 2.35. The van der Waals surface area contributed by atoms with Crippen molar-refractivity contribution < 1.29 is 19.3 Å². The summed E-state index contributed by atoms with van der Waals surface area (Å²) in [5.41, 5.74) is 0.279. The third-order valence-corrected chi connectivity index (χ3v) is 7.11. The maximum absolute atomic E-state index is 12.9. The van der Waals surface area contributed by atoms with Gasteiger partial charge in [0.25, 0.3) is 16.8 Å². The molecule has 0 N–H and O–H groups in total. The number of thioether (sulfide) groups is 1. The second-order valence-corrected chi connectivity index (χ2v) is 9.38. The van der Waals surface area contributed by atoms with E-state index in [0.29, 0.717) is 41.8 Å². The van der Waals surface area contributed by atoms with Crippen LogP contribution in [0.5, 0.6) is 0 Å². The number of aryl methyl sites for hydroxylation is 2. The van der Waals surface area contributed by atoms with Crippen LogP contribution in [0.1, 0.15) is 25.3 Å². The van der Waals surface area contributed by atoms with Gasteiger partial charge in [0.15, 0.2) is 0 Å². The van der Waals surface area contributed by atoms with Crippen LogP contribution in [-0.4, -0.2) is 60.5 Å². The molecule has 0 bridgehead atoms. The van der Waals surface area contributed by atoms with Gasteiger partial charge in [0.1, 0.15) is 6.54 Å². The number of benzene rings is 1. The van der Waals surface area contributed by atoms with Crippen molar-refractivity contribution >= 4 is 51.6 Å². The minimum absolute atomic E-state index is 0.0107. The van der Waals surface area contributed by atoms with Crippen LogP contribution in [0.2, 0.25) is 0 Å². The molecule has 0 spiro atoms. The Morgan fingerprint density at radius 1 is 1.15 bits per heavy atom. The number of likely N-dealkylation sites (tertiary alicyclic amines) is 1. The maximum Gasteiger partial charge on any atom is 0.328 e. The van der Waals surface area contributed by atoms with Gasteiger partial charge in [-0.05, 0) is 42.7 Å². The zero-order chi connectivity index (χ0) is 24.0. The van der Waals surface area contributed by atoms with Crippen molar-refractivity contribution in [1.29, 1.82) is 0 Å². The SMILES string of the molecule is CC1CCN(C(=O)CN2C(=O)S/C(=C\c3cc4c(cc3[N+](=O)[O-])n(C)c(=O)n4C)C2=O)CC1. The van der Waals surface area contributed by atoms with E-state index >= 15 is 0 Å². The summed E-state index contributed by atoms with van der Waals surface area (Å²) in [6.07, 6.45) is 3.02. The highest BCUT2D eigenvalue weighted by molar-refractivity contribution is 8.18. The van der Waals surface area contributed by atoms with Gasteiger partial charge in [-0.1, -0.05) is 6.92 Å². The Bertz CT molecular complexity index is 1280. The van der Waals surface area contributed by atoms with Crippen LogP contribution in [0, 0.1) is 16.0 Å². The summed E-state index contributed by atoms with van der Waals surface area (Å²) in [4.78, 5) is 63.7. The Kier molecular flexibility index (Phi) is 5.87. The van der Waals surface area contributed by atoms with Crippen LogP contribution in [0.15, 0.2) is 21.8 Å². The van der Waals surface area contributed by atoms with Crippen molar-refractivity contribution in [2.24, 2.45) is 20.0 Å². The fourth-order valence-electron chi connectivity index (χ4n) is 4.09. The quantitative estimate of drug-likeness (QED) is 0.378. The number of piperidine rings is 1. The zero-order valence-corrected chi connectivity index (χ0v) is 19.3. The van der Waals surface area contributed by atoms with E-state index in [1.54, 1.807) is 11.9 Å². The molecule has 2 aliphatic rings. The molecule has 1 aromatic carbocycles. The molecule has 11 nitrogen and oxygen atoms in total. The van der Waals surface area contributed by atoms with Crippen molar-refractivity contribution in [3.8, 4) is 0 Å². The molecular formula is C21H23N5O6S. The summed E-state index contributed by atoms with van der Waals surface area (Å²) in [5, 5.41) is 11.1. The maximum atomic E-state index is 12.9. The van der Waals surface area contributed by atoms with Gasteiger partial charge >= 0.3 is 5.69 Å². The van der Waals surface area contributed by atoms with Crippen molar-refractivity contribution in [1.82, 2.24) is 18.9 Å². The summed E-state index contributed by atoms with van der Waals surface area (Å²) in [5.74, 6) is -0.427. The first-order chi connectivity index (χ1) is 15.6. The van der Waals surface area contributed by atoms with Gasteiger partial charge in [0, 0.05) is 33.3 Å². The van der Waals surface area contributed by atoms with Gasteiger partial charge in [-0.2, -0.15) is 0 Å².